The Bertz CT molecular complexity index is 891. The largest absolute Gasteiger partial charge is 0.479 e. The number of oxazole rings is 1. The molecule has 0 spiro atoms. The van der Waals surface area contributed by atoms with Crippen molar-refractivity contribution in [3.63, 3.8) is 0 Å². The van der Waals surface area contributed by atoms with Crippen molar-refractivity contribution in [2.24, 2.45) is 0 Å². The number of aliphatic carboxylic acids is 1. The first kappa shape index (κ1) is 22.3. The number of ether oxygens (including phenoxy) is 2. The molecular weight excluding hydrogens is 456 g/mol. The van der Waals surface area contributed by atoms with Crippen LogP contribution in [-0.2, 0) is 20.7 Å². The fourth-order valence-corrected chi connectivity index (χ4v) is 3.65. The maximum atomic E-state index is 12.3. The number of likely N-dealkylation sites (tertiary alicyclic amines) is 1. The molecule has 0 saturated carbocycles. The quantitative estimate of drug-likeness (QED) is 0.637. The summed E-state index contributed by atoms with van der Waals surface area (Å²) < 4.78 is 17.6. The fraction of sp³-hybridized carbons (Fsp3) is 0.476. The zero-order chi connectivity index (χ0) is 21.7. The van der Waals surface area contributed by atoms with Crippen LogP contribution in [0.4, 0.5) is 4.79 Å². The summed E-state index contributed by atoms with van der Waals surface area (Å²) >= 11 is 3.44. The van der Waals surface area contributed by atoms with Crippen LogP contribution >= 0.6 is 15.9 Å². The lowest BCUT2D eigenvalue weighted by Gasteiger charge is -2.32. The molecule has 1 aliphatic heterocycles. The van der Waals surface area contributed by atoms with Crippen LogP contribution in [0.5, 0.6) is 0 Å². The second-order valence-electron chi connectivity index (χ2n) is 7.20. The van der Waals surface area contributed by atoms with Crippen LogP contribution in [0.25, 0.3) is 11.5 Å². The molecule has 1 N–H and O–H groups in total. The third-order valence-corrected chi connectivity index (χ3v) is 5.47. The van der Waals surface area contributed by atoms with Gasteiger partial charge >= 0.3 is 12.1 Å². The molecule has 1 aromatic carbocycles. The van der Waals surface area contributed by atoms with Crippen molar-refractivity contribution >= 4 is 28.0 Å². The number of carboxylic acid groups (broad SMARTS) is 1. The number of hydrogen-bond acceptors (Lipinski definition) is 6. The summed E-state index contributed by atoms with van der Waals surface area (Å²) in [5, 5.41) is 8.92. The number of benzene rings is 1. The van der Waals surface area contributed by atoms with Crippen molar-refractivity contribution in [3.8, 4) is 11.5 Å². The summed E-state index contributed by atoms with van der Waals surface area (Å²) in [6.45, 7) is 4.51. The number of carbonyl (C=O) groups is 2. The van der Waals surface area contributed by atoms with Gasteiger partial charge in [0.15, 0.2) is 6.10 Å². The van der Waals surface area contributed by atoms with Gasteiger partial charge in [0.25, 0.3) is 0 Å². The summed E-state index contributed by atoms with van der Waals surface area (Å²) in [7, 11) is 0. The molecule has 0 radical (unpaired) electrons. The van der Waals surface area contributed by atoms with E-state index < -0.39 is 12.1 Å². The predicted octanol–water partition coefficient (Wildman–Crippen LogP) is 4.05. The van der Waals surface area contributed by atoms with Gasteiger partial charge in [0.2, 0.25) is 5.89 Å². The van der Waals surface area contributed by atoms with Gasteiger partial charge in [-0.1, -0.05) is 22.0 Å². The molecule has 2 aromatic rings. The molecule has 3 rings (SSSR count). The highest BCUT2D eigenvalue weighted by Crippen LogP contribution is 2.25. The van der Waals surface area contributed by atoms with Gasteiger partial charge in [0.05, 0.1) is 18.4 Å². The van der Waals surface area contributed by atoms with Gasteiger partial charge in [-0.05, 0) is 44.9 Å². The predicted molar refractivity (Wildman–Crippen MR) is 112 cm³/mol. The van der Waals surface area contributed by atoms with Crippen molar-refractivity contribution in [2.75, 3.05) is 19.7 Å². The van der Waals surface area contributed by atoms with Crippen LogP contribution in [0.1, 0.15) is 31.2 Å². The molecule has 9 heteroatoms. The van der Waals surface area contributed by atoms with E-state index in [1.165, 1.54) is 6.92 Å². The van der Waals surface area contributed by atoms with E-state index in [-0.39, 0.29) is 18.8 Å². The van der Waals surface area contributed by atoms with E-state index in [1.54, 1.807) is 4.90 Å². The zero-order valence-corrected chi connectivity index (χ0v) is 18.6. The van der Waals surface area contributed by atoms with Gasteiger partial charge in [0.1, 0.15) is 5.76 Å². The smallest absolute Gasteiger partial charge is 0.409 e. The molecule has 1 unspecified atom stereocenters. The molecule has 1 fully saturated rings. The van der Waals surface area contributed by atoms with Crippen molar-refractivity contribution in [2.45, 2.75) is 45.3 Å². The van der Waals surface area contributed by atoms with Crippen LogP contribution in [0.2, 0.25) is 0 Å². The highest BCUT2D eigenvalue weighted by Gasteiger charge is 2.27. The zero-order valence-electron chi connectivity index (χ0n) is 17.0. The minimum Gasteiger partial charge on any atom is -0.479 e. The van der Waals surface area contributed by atoms with Crippen LogP contribution < -0.4 is 0 Å². The number of piperidine rings is 1. The SMILES string of the molecule is Cc1oc(-c2cccc(Br)c2)nc1CCOC(=O)N1CCC(OC(C)C(=O)O)CC1. The topological polar surface area (TPSA) is 102 Å². The highest BCUT2D eigenvalue weighted by molar-refractivity contribution is 9.10. The van der Waals surface area contributed by atoms with E-state index in [1.807, 2.05) is 31.2 Å². The molecule has 162 valence electrons. The molecule has 1 atom stereocenters. The van der Waals surface area contributed by atoms with E-state index in [4.69, 9.17) is 19.0 Å². The van der Waals surface area contributed by atoms with E-state index in [0.29, 0.717) is 44.0 Å². The highest BCUT2D eigenvalue weighted by atomic mass is 79.9. The monoisotopic (exact) mass is 480 g/mol. The van der Waals surface area contributed by atoms with Gasteiger partial charge < -0.3 is 23.9 Å². The number of halogens is 1. The number of aromatic nitrogens is 1. The van der Waals surface area contributed by atoms with E-state index in [2.05, 4.69) is 20.9 Å². The number of hydrogen-bond donors (Lipinski definition) is 1. The van der Waals surface area contributed by atoms with Crippen LogP contribution in [0, 0.1) is 6.92 Å². The Balaban J connectivity index is 1.45. The van der Waals surface area contributed by atoms with Crippen LogP contribution in [0.3, 0.4) is 0 Å². The minimum atomic E-state index is -0.983. The third kappa shape index (κ3) is 5.82. The summed E-state index contributed by atoms with van der Waals surface area (Å²) in [5.74, 6) is 0.252. The van der Waals surface area contributed by atoms with Crippen LogP contribution in [-0.4, -0.2) is 59.0 Å². The van der Waals surface area contributed by atoms with Crippen molar-refractivity contribution in [1.29, 1.82) is 0 Å². The first-order valence-electron chi connectivity index (χ1n) is 9.85. The van der Waals surface area contributed by atoms with Gasteiger partial charge in [-0.2, -0.15) is 0 Å². The molecule has 1 amide bonds. The lowest BCUT2D eigenvalue weighted by molar-refractivity contribution is -0.154. The molecule has 0 aliphatic carbocycles. The normalized spacial score (nSPS) is 15.8. The standard InChI is InChI=1S/C21H25BrN2O6/c1-13-18(23-19(30-13)15-4-3-5-16(22)12-15)8-11-28-21(27)24-9-6-17(7-10-24)29-14(2)20(25)26/h3-5,12,14,17H,6-11H2,1-2H3,(H,25,26). The maximum Gasteiger partial charge on any atom is 0.409 e. The molecule has 1 aromatic heterocycles. The molecule has 30 heavy (non-hydrogen) atoms. The summed E-state index contributed by atoms with van der Waals surface area (Å²) in [6, 6.07) is 7.70. The third-order valence-electron chi connectivity index (χ3n) is 4.97. The summed E-state index contributed by atoms with van der Waals surface area (Å²) in [6.07, 6.45) is 0.254. The Morgan fingerprint density at radius 3 is 2.77 bits per heavy atom. The lowest BCUT2D eigenvalue weighted by Crippen LogP contribution is -2.42. The first-order valence-corrected chi connectivity index (χ1v) is 10.6. The van der Waals surface area contributed by atoms with E-state index in [0.717, 1.165) is 15.7 Å². The summed E-state index contributed by atoms with van der Waals surface area (Å²) in [4.78, 5) is 29.3. The van der Waals surface area contributed by atoms with Crippen molar-refractivity contribution in [1.82, 2.24) is 9.88 Å². The Morgan fingerprint density at radius 2 is 2.10 bits per heavy atom. The van der Waals surface area contributed by atoms with Gasteiger partial charge in [-0.15, -0.1) is 0 Å². The summed E-state index contributed by atoms with van der Waals surface area (Å²) in [5.41, 5.74) is 1.63. The number of aryl methyl sites for hydroxylation is 1. The number of rotatable bonds is 7. The minimum absolute atomic E-state index is 0.158. The van der Waals surface area contributed by atoms with Crippen molar-refractivity contribution < 1.29 is 28.6 Å². The van der Waals surface area contributed by atoms with Crippen LogP contribution in [0.15, 0.2) is 33.2 Å². The second-order valence-corrected chi connectivity index (χ2v) is 8.12. The Morgan fingerprint density at radius 1 is 1.37 bits per heavy atom. The Hall–Kier alpha value is -2.39. The molecule has 0 bridgehead atoms. The molecule has 8 nitrogen and oxygen atoms in total. The Labute approximate surface area is 183 Å². The van der Waals surface area contributed by atoms with Gasteiger partial charge in [-0.25, -0.2) is 14.6 Å². The number of carbonyl (C=O) groups excluding carboxylic acids is 1. The average molecular weight is 481 g/mol. The van der Waals surface area contributed by atoms with Gasteiger partial charge in [-0.3, -0.25) is 0 Å². The molecular formula is C21H25BrN2O6. The van der Waals surface area contributed by atoms with Gasteiger partial charge in [0, 0.05) is 29.5 Å². The molecule has 1 saturated heterocycles. The average Bonchev–Trinajstić information content (AvgIpc) is 3.09. The lowest BCUT2D eigenvalue weighted by atomic mass is 10.1. The van der Waals surface area contributed by atoms with Crippen molar-refractivity contribution in [3.05, 3.63) is 40.2 Å². The second kappa shape index (κ2) is 10.1. The fourth-order valence-electron chi connectivity index (χ4n) is 3.25. The van der Waals surface area contributed by atoms with E-state index >= 15 is 0 Å². The number of carboxylic acids is 1. The number of amides is 1. The number of nitrogens with zero attached hydrogens (tertiary/aromatic N) is 2. The Kier molecular flexibility index (Phi) is 7.49. The molecule has 1 aliphatic rings. The first-order chi connectivity index (χ1) is 14.3. The van der Waals surface area contributed by atoms with E-state index in [9.17, 15) is 9.59 Å². The molecule has 2 heterocycles. The maximum absolute atomic E-state index is 12.3.